The molecule has 0 amide bonds. The number of halogens is 1. The van der Waals surface area contributed by atoms with Crippen LogP contribution in [0, 0.1) is 5.82 Å². The lowest BCUT2D eigenvalue weighted by Crippen LogP contribution is -1.84. The van der Waals surface area contributed by atoms with Crippen molar-refractivity contribution < 1.29 is 4.39 Å². The lowest BCUT2D eigenvalue weighted by atomic mass is 10.1. The standard InChI is InChI=1S/C17H12FN3/c1-21-10-15(14-4-5-19-9-17(14)21)12-6-11-7-13(18)2-3-16(11)20-8-12/h2-10H,1H3. The van der Waals surface area contributed by atoms with Gasteiger partial charge in [-0.25, -0.2) is 4.39 Å². The predicted molar refractivity (Wildman–Crippen MR) is 81.4 cm³/mol. The van der Waals surface area contributed by atoms with Crippen molar-refractivity contribution >= 4 is 21.8 Å². The van der Waals surface area contributed by atoms with E-state index < -0.39 is 0 Å². The Kier molecular flexibility index (Phi) is 2.51. The van der Waals surface area contributed by atoms with Crippen molar-refractivity contribution in [1.29, 1.82) is 0 Å². The second-order valence-electron chi connectivity index (χ2n) is 5.11. The fourth-order valence-corrected chi connectivity index (χ4v) is 2.71. The number of nitrogens with zero attached hydrogens (tertiary/aromatic N) is 3. The highest BCUT2D eigenvalue weighted by Gasteiger charge is 2.09. The molecule has 1 aromatic carbocycles. The monoisotopic (exact) mass is 277 g/mol. The van der Waals surface area contributed by atoms with Gasteiger partial charge in [-0.15, -0.1) is 0 Å². The van der Waals surface area contributed by atoms with Crippen LogP contribution in [0.2, 0.25) is 0 Å². The number of benzene rings is 1. The van der Waals surface area contributed by atoms with E-state index in [1.54, 1.807) is 12.3 Å². The molecule has 0 fully saturated rings. The number of hydrogen-bond acceptors (Lipinski definition) is 2. The fraction of sp³-hybridized carbons (Fsp3) is 0.0588. The van der Waals surface area contributed by atoms with E-state index in [0.29, 0.717) is 0 Å². The van der Waals surface area contributed by atoms with Crippen LogP contribution in [0.15, 0.2) is 55.1 Å². The highest BCUT2D eigenvalue weighted by molar-refractivity contribution is 5.97. The Labute approximate surface area is 120 Å². The van der Waals surface area contributed by atoms with E-state index in [1.807, 2.05) is 36.1 Å². The van der Waals surface area contributed by atoms with Crippen molar-refractivity contribution in [3.05, 3.63) is 60.9 Å². The number of fused-ring (bicyclic) bond motifs is 2. The van der Waals surface area contributed by atoms with Gasteiger partial charge in [0.2, 0.25) is 0 Å². The molecular weight excluding hydrogens is 265 g/mol. The summed E-state index contributed by atoms with van der Waals surface area (Å²) in [6.45, 7) is 0. The van der Waals surface area contributed by atoms with E-state index in [-0.39, 0.29) is 5.82 Å². The summed E-state index contributed by atoms with van der Waals surface area (Å²) in [5.74, 6) is -0.247. The van der Waals surface area contributed by atoms with Gasteiger partial charge in [0.05, 0.1) is 17.2 Å². The SMILES string of the molecule is Cn1cc(-c2cnc3ccc(F)cc3c2)c2ccncc21. The van der Waals surface area contributed by atoms with Gasteiger partial charge in [0.1, 0.15) is 5.82 Å². The van der Waals surface area contributed by atoms with Crippen LogP contribution in [-0.4, -0.2) is 14.5 Å². The number of aryl methyl sites for hydroxylation is 1. The molecule has 0 atom stereocenters. The maximum absolute atomic E-state index is 13.4. The molecule has 0 aliphatic carbocycles. The molecule has 0 aliphatic rings. The summed E-state index contributed by atoms with van der Waals surface area (Å²) >= 11 is 0. The van der Waals surface area contributed by atoms with Crippen molar-refractivity contribution in [2.45, 2.75) is 0 Å². The van der Waals surface area contributed by atoms with Crippen molar-refractivity contribution in [2.24, 2.45) is 7.05 Å². The summed E-state index contributed by atoms with van der Waals surface area (Å²) in [5.41, 5.74) is 3.91. The smallest absolute Gasteiger partial charge is 0.123 e. The van der Waals surface area contributed by atoms with Gasteiger partial charge in [-0.2, -0.15) is 0 Å². The molecule has 3 nitrogen and oxygen atoms in total. The molecule has 0 saturated heterocycles. The van der Waals surface area contributed by atoms with Gasteiger partial charge >= 0.3 is 0 Å². The molecule has 21 heavy (non-hydrogen) atoms. The van der Waals surface area contributed by atoms with Crippen LogP contribution in [-0.2, 0) is 7.05 Å². The highest BCUT2D eigenvalue weighted by Crippen LogP contribution is 2.30. The first-order chi connectivity index (χ1) is 10.2. The molecule has 0 bridgehead atoms. The number of hydrogen-bond donors (Lipinski definition) is 0. The molecule has 4 aromatic rings. The quantitative estimate of drug-likeness (QED) is 0.528. The van der Waals surface area contributed by atoms with Crippen LogP contribution < -0.4 is 0 Å². The molecular formula is C17H12FN3. The maximum atomic E-state index is 13.4. The molecule has 3 heterocycles. The normalized spacial score (nSPS) is 11.3. The summed E-state index contributed by atoms with van der Waals surface area (Å²) in [7, 11) is 1.99. The Balaban J connectivity index is 2.00. The first-order valence-electron chi connectivity index (χ1n) is 6.67. The highest BCUT2D eigenvalue weighted by atomic mass is 19.1. The fourth-order valence-electron chi connectivity index (χ4n) is 2.71. The third-order valence-electron chi connectivity index (χ3n) is 3.75. The largest absolute Gasteiger partial charge is 0.349 e. The Hall–Kier alpha value is -2.75. The van der Waals surface area contributed by atoms with Crippen LogP contribution in [0.4, 0.5) is 4.39 Å². The topological polar surface area (TPSA) is 30.7 Å². The molecule has 4 rings (SSSR count). The van der Waals surface area contributed by atoms with Crippen LogP contribution in [0.3, 0.4) is 0 Å². The van der Waals surface area contributed by atoms with Gasteiger partial charge in [0.25, 0.3) is 0 Å². The molecule has 0 spiro atoms. The van der Waals surface area contributed by atoms with E-state index in [2.05, 4.69) is 16.2 Å². The van der Waals surface area contributed by atoms with Crippen LogP contribution in [0.5, 0.6) is 0 Å². The van der Waals surface area contributed by atoms with Crippen LogP contribution in [0.1, 0.15) is 0 Å². The summed E-state index contributed by atoms with van der Waals surface area (Å²) < 4.78 is 15.4. The molecule has 0 aliphatic heterocycles. The van der Waals surface area contributed by atoms with E-state index >= 15 is 0 Å². The first kappa shape index (κ1) is 12.0. The van der Waals surface area contributed by atoms with Crippen LogP contribution in [0.25, 0.3) is 32.9 Å². The Morgan fingerprint density at radius 2 is 2.00 bits per heavy atom. The van der Waals surface area contributed by atoms with Crippen molar-refractivity contribution in [3.8, 4) is 11.1 Å². The van der Waals surface area contributed by atoms with E-state index in [1.165, 1.54) is 12.1 Å². The number of rotatable bonds is 1. The van der Waals surface area contributed by atoms with E-state index in [9.17, 15) is 4.39 Å². The lowest BCUT2D eigenvalue weighted by molar-refractivity contribution is 0.629. The maximum Gasteiger partial charge on any atom is 0.123 e. The molecule has 0 radical (unpaired) electrons. The molecule has 102 valence electrons. The van der Waals surface area contributed by atoms with Crippen LogP contribution >= 0.6 is 0 Å². The Bertz CT molecular complexity index is 972. The van der Waals surface area contributed by atoms with Gasteiger partial charge in [-0.3, -0.25) is 9.97 Å². The molecule has 0 N–H and O–H groups in total. The minimum absolute atomic E-state index is 0.247. The number of aromatic nitrogens is 3. The summed E-state index contributed by atoms with van der Waals surface area (Å²) in [4.78, 5) is 8.58. The first-order valence-corrected chi connectivity index (χ1v) is 6.67. The predicted octanol–water partition coefficient (Wildman–Crippen LogP) is 3.93. The third-order valence-corrected chi connectivity index (χ3v) is 3.75. The second kappa shape index (κ2) is 4.38. The third kappa shape index (κ3) is 1.88. The summed E-state index contributed by atoms with van der Waals surface area (Å²) in [6.07, 6.45) is 7.50. The zero-order valence-corrected chi connectivity index (χ0v) is 11.4. The van der Waals surface area contributed by atoms with Gasteiger partial charge in [-0.1, -0.05) is 0 Å². The summed E-state index contributed by atoms with van der Waals surface area (Å²) in [5, 5.41) is 1.92. The van der Waals surface area contributed by atoms with E-state index in [0.717, 1.165) is 32.9 Å². The lowest BCUT2D eigenvalue weighted by Gasteiger charge is -2.02. The second-order valence-corrected chi connectivity index (χ2v) is 5.11. The Morgan fingerprint density at radius 3 is 2.90 bits per heavy atom. The average molecular weight is 277 g/mol. The van der Waals surface area contributed by atoms with Crippen molar-refractivity contribution in [1.82, 2.24) is 14.5 Å². The zero-order chi connectivity index (χ0) is 14.4. The van der Waals surface area contributed by atoms with Gasteiger partial charge in [0.15, 0.2) is 0 Å². The average Bonchev–Trinajstić information content (AvgIpc) is 2.84. The minimum atomic E-state index is -0.247. The molecule has 4 heteroatoms. The van der Waals surface area contributed by atoms with Gasteiger partial charge < -0.3 is 4.57 Å². The van der Waals surface area contributed by atoms with Crippen molar-refractivity contribution in [3.63, 3.8) is 0 Å². The van der Waals surface area contributed by atoms with E-state index in [4.69, 9.17) is 0 Å². The number of pyridine rings is 2. The Morgan fingerprint density at radius 1 is 1.10 bits per heavy atom. The molecule has 0 saturated carbocycles. The van der Waals surface area contributed by atoms with Gasteiger partial charge in [0, 0.05) is 47.5 Å². The summed E-state index contributed by atoms with van der Waals surface area (Å²) in [6, 6.07) is 8.60. The van der Waals surface area contributed by atoms with Gasteiger partial charge in [-0.05, 0) is 30.3 Å². The molecule has 3 aromatic heterocycles. The zero-order valence-electron chi connectivity index (χ0n) is 11.4. The van der Waals surface area contributed by atoms with Crippen molar-refractivity contribution in [2.75, 3.05) is 0 Å². The minimum Gasteiger partial charge on any atom is -0.349 e. The molecule has 0 unspecified atom stereocenters.